The second-order valence-electron chi connectivity index (χ2n) is 27.7. The molecular formula is C90H61ClF18N10O10S5. The van der Waals surface area contributed by atoms with Crippen LogP contribution in [0.15, 0.2) is 269 Å². The van der Waals surface area contributed by atoms with E-state index in [4.69, 9.17) is 11.6 Å². The number of thioether (sulfide) groups is 5. The maximum absolute atomic E-state index is 14.1. The van der Waals surface area contributed by atoms with Crippen LogP contribution in [0.25, 0.3) is 28.4 Å². The van der Waals surface area contributed by atoms with Gasteiger partial charge in [0.05, 0.1) is 47.7 Å². The highest BCUT2D eigenvalue weighted by Crippen LogP contribution is 2.41. The summed E-state index contributed by atoms with van der Waals surface area (Å²) in [6.45, 7) is 3.38. The second-order valence-corrected chi connectivity index (χ2v) is 32.8. The van der Waals surface area contributed by atoms with Crippen molar-refractivity contribution in [2.24, 2.45) is 0 Å². The van der Waals surface area contributed by atoms with Crippen molar-refractivity contribution in [2.75, 3.05) is 0 Å². The molecule has 0 amide bonds. The molecule has 0 radical (unpaired) electrons. The number of hydrogen-bond donors (Lipinski definition) is 5. The Morgan fingerprint density at radius 1 is 0.299 bits per heavy atom. The quantitative estimate of drug-likeness (QED) is 0.0263. The molecule has 694 valence electrons. The van der Waals surface area contributed by atoms with Crippen LogP contribution in [0.2, 0.25) is 5.02 Å². The molecule has 15 aromatic rings. The van der Waals surface area contributed by atoms with Crippen LogP contribution < -0.4 is 0 Å². The summed E-state index contributed by atoms with van der Waals surface area (Å²) >= 11 is 10.7. The number of carboxylic acids is 5. The molecule has 0 atom stereocenters. The lowest BCUT2D eigenvalue weighted by Gasteiger charge is -2.14. The summed E-state index contributed by atoms with van der Waals surface area (Å²) in [5.41, 5.74) is 0.0931. The molecule has 0 fully saturated rings. The van der Waals surface area contributed by atoms with Gasteiger partial charge < -0.3 is 25.5 Å². The molecule has 5 N–H and O–H groups in total. The van der Waals surface area contributed by atoms with E-state index < -0.39 is 112 Å². The monoisotopic (exact) mass is 1980 g/mol. The van der Waals surface area contributed by atoms with Gasteiger partial charge in [-0.05, 0) is 212 Å². The topological polar surface area (TPSA) is 276 Å². The zero-order valence-electron chi connectivity index (χ0n) is 68.1. The standard InChI is InChI=1S/C19H14F4N2O2S.C18H11ClF4N2O2S.C18H11F5N2O2S.C18H14F2N2O2S.C17H11F3N2O2S/c1-11-2-7-15(19(21,22)23)12(8-11)10-28-18-24-9-16(17(26)27)25(18)14-5-3-13(20)4-6-14;19-11-2-1-10(14(7-11)18(21,22)23)9-28-17-24-8-15(16(26)27)25(17)13-5-3-12(20)4-6-13;19-11-3-5-13(6-4-11)25-15(16(26)27)8-24-17(25)28-9-10-1-2-12(20)7-14(10)18(21,22)23;1-11-3-2-4-12(16(11)20)10-25-18-21-9-15(17(23)24)22(18)14-7-5-13(19)6-8-14;18-11-1-4-13(5-2-11)22-15(16(23)24)8-21-17(22)25-9-10-7-12(19)3-6-14(10)20/h2-9H,10H2,1H3,(H,26,27);2*1-8H,9H2,(H,26,27);2-9H,10H2,1H3,(H,23,24);1-8H,9H2,(H,23,24). The molecule has 0 aliphatic heterocycles. The maximum atomic E-state index is 14.1. The number of carboxylic acid groups (broad SMARTS) is 5. The number of nitrogens with zero attached hydrogens (tertiary/aromatic N) is 10. The van der Waals surface area contributed by atoms with E-state index in [0.29, 0.717) is 56.4 Å². The molecule has 15 rings (SSSR count). The van der Waals surface area contributed by atoms with E-state index in [1.165, 1.54) is 150 Å². The molecule has 0 spiro atoms. The zero-order chi connectivity index (χ0) is 97.4. The van der Waals surface area contributed by atoms with Crippen molar-refractivity contribution in [3.8, 4) is 28.4 Å². The predicted molar refractivity (Wildman–Crippen MR) is 462 cm³/mol. The number of rotatable bonds is 25. The lowest BCUT2D eigenvalue weighted by atomic mass is 10.1. The van der Waals surface area contributed by atoms with Gasteiger partial charge >= 0.3 is 48.4 Å². The highest BCUT2D eigenvalue weighted by molar-refractivity contribution is 7.99. The van der Waals surface area contributed by atoms with Crippen molar-refractivity contribution in [2.45, 2.75) is 86.9 Å². The van der Waals surface area contributed by atoms with Gasteiger partial charge in [0, 0.05) is 67.8 Å². The van der Waals surface area contributed by atoms with Crippen LogP contribution in [0.5, 0.6) is 0 Å². The van der Waals surface area contributed by atoms with E-state index >= 15 is 0 Å². The SMILES string of the molecule is Cc1ccc(C(F)(F)F)c(CSc2ncc(C(=O)O)n2-c2ccc(F)cc2)c1.Cc1cccc(CSc2ncc(C(=O)O)n2-c2ccc(F)cc2)c1F.O=C(O)c1cnc(SCc2cc(F)ccc2F)n1-c1ccc(F)cc1.O=C(O)c1cnc(SCc2ccc(Cl)cc2C(F)(F)F)n1-c1ccc(F)cc1.O=C(O)c1cnc(SCc2ccc(F)cc2C(F)(F)F)n1-c1ccc(F)cc1. The Hall–Kier alpha value is -13.6. The fourth-order valence-electron chi connectivity index (χ4n) is 12.3. The fraction of sp³-hybridized carbons (Fsp3) is 0.111. The third kappa shape index (κ3) is 26.0. The lowest BCUT2D eigenvalue weighted by Crippen LogP contribution is -2.10. The Bertz CT molecular complexity index is 6490. The number of aryl methyl sites for hydroxylation is 2. The summed E-state index contributed by atoms with van der Waals surface area (Å²) in [6, 6.07) is 43.6. The van der Waals surface area contributed by atoms with Crippen molar-refractivity contribution < 1.29 is 129 Å². The molecule has 0 saturated carbocycles. The van der Waals surface area contributed by atoms with Crippen molar-refractivity contribution in [3.63, 3.8) is 0 Å². The van der Waals surface area contributed by atoms with Crippen LogP contribution in [0.3, 0.4) is 0 Å². The number of carbonyl (C=O) groups is 5. The molecule has 5 heterocycles. The molecule has 0 aliphatic carbocycles. The molecule has 0 unspecified atom stereocenters. The third-order valence-corrected chi connectivity index (χ3v) is 23.8. The summed E-state index contributed by atoms with van der Waals surface area (Å²) in [4.78, 5) is 77.4. The third-order valence-electron chi connectivity index (χ3n) is 18.6. The Labute approximate surface area is 772 Å². The Morgan fingerprint density at radius 3 is 0.896 bits per heavy atom. The Morgan fingerprint density at radius 2 is 0.575 bits per heavy atom. The van der Waals surface area contributed by atoms with E-state index in [0.717, 1.165) is 151 Å². The zero-order valence-corrected chi connectivity index (χ0v) is 72.9. The molecule has 0 saturated heterocycles. The van der Waals surface area contributed by atoms with Gasteiger partial charge in [0.1, 0.15) is 52.4 Å². The Kier molecular flexibility index (Phi) is 33.3. The lowest BCUT2D eigenvalue weighted by molar-refractivity contribution is -0.139. The van der Waals surface area contributed by atoms with Crippen molar-refractivity contribution in [1.29, 1.82) is 0 Å². The van der Waals surface area contributed by atoms with E-state index in [1.807, 2.05) is 0 Å². The smallest absolute Gasteiger partial charge is 0.416 e. The van der Waals surface area contributed by atoms with Crippen LogP contribution in [0.1, 0.15) is 108 Å². The largest absolute Gasteiger partial charge is 0.477 e. The van der Waals surface area contributed by atoms with Crippen molar-refractivity contribution >= 4 is 100 Å². The van der Waals surface area contributed by atoms with Gasteiger partial charge in [-0.2, -0.15) is 39.5 Å². The minimum Gasteiger partial charge on any atom is -0.477 e. The first kappa shape index (κ1) is 101. The molecule has 134 heavy (non-hydrogen) atoms. The van der Waals surface area contributed by atoms with Crippen LogP contribution in [-0.2, 0) is 47.3 Å². The number of aromatic nitrogens is 10. The predicted octanol–water partition coefficient (Wildman–Crippen LogP) is 24.9. The number of halogens is 19. The van der Waals surface area contributed by atoms with Gasteiger partial charge in [-0.3, -0.25) is 22.8 Å². The summed E-state index contributed by atoms with van der Waals surface area (Å²) in [6.07, 6.45) is -8.15. The minimum atomic E-state index is -4.74. The number of aromatic carboxylic acids is 5. The van der Waals surface area contributed by atoms with Crippen molar-refractivity contribution in [1.82, 2.24) is 47.8 Å². The minimum absolute atomic E-state index is 0.0209. The average molecular weight is 1980 g/mol. The normalized spacial score (nSPS) is 11.3. The van der Waals surface area contributed by atoms with Gasteiger partial charge in [0.25, 0.3) is 0 Å². The number of hydrogen-bond acceptors (Lipinski definition) is 15. The maximum Gasteiger partial charge on any atom is 0.416 e. The second kappa shape index (κ2) is 44.3. The van der Waals surface area contributed by atoms with Gasteiger partial charge in [0.15, 0.2) is 54.3 Å². The number of alkyl halides is 9. The average Bonchev–Trinajstić information content (AvgIpc) is 1.55. The van der Waals surface area contributed by atoms with Gasteiger partial charge in [0.2, 0.25) is 0 Å². The van der Waals surface area contributed by atoms with E-state index in [2.05, 4.69) is 24.9 Å². The summed E-state index contributed by atoms with van der Waals surface area (Å²) in [7, 11) is 0. The molecular weight excluding hydrogens is 1920 g/mol. The summed E-state index contributed by atoms with van der Waals surface area (Å²) in [5, 5.41) is 47.8. The Balaban J connectivity index is 0.000000161. The van der Waals surface area contributed by atoms with Gasteiger partial charge in [-0.25, -0.2) is 88.4 Å². The van der Waals surface area contributed by atoms with Crippen molar-refractivity contribution in [3.05, 3.63) is 385 Å². The molecule has 0 bridgehead atoms. The first-order chi connectivity index (χ1) is 63.4. The number of imidazole rings is 5. The van der Waals surface area contributed by atoms with Crippen LogP contribution >= 0.6 is 70.4 Å². The molecule has 0 aliphatic rings. The number of benzene rings is 10. The summed E-state index contributed by atoms with van der Waals surface area (Å²) < 4.78 is 246. The highest BCUT2D eigenvalue weighted by atomic mass is 35.5. The molecule has 20 nitrogen and oxygen atoms in total. The van der Waals surface area contributed by atoms with Crippen LogP contribution in [-0.4, -0.2) is 103 Å². The van der Waals surface area contributed by atoms with Crippen LogP contribution in [0.4, 0.5) is 79.0 Å². The summed E-state index contributed by atoms with van der Waals surface area (Å²) in [5.74, 6) is -11.1. The molecule has 10 aromatic carbocycles. The molecule has 5 aromatic heterocycles. The van der Waals surface area contributed by atoms with Gasteiger partial charge in [-0.1, -0.05) is 118 Å². The fourth-order valence-corrected chi connectivity index (χ4v) is 17.4. The van der Waals surface area contributed by atoms with E-state index in [9.17, 15) is 129 Å². The van der Waals surface area contributed by atoms with E-state index in [1.54, 1.807) is 32.0 Å². The first-order valence-corrected chi connectivity index (χ1v) is 43.3. The van der Waals surface area contributed by atoms with Gasteiger partial charge in [-0.15, -0.1) is 0 Å². The van der Waals surface area contributed by atoms with E-state index in [-0.39, 0.29) is 111 Å². The van der Waals surface area contributed by atoms with Crippen LogP contribution in [0, 0.1) is 66.2 Å². The first-order valence-electron chi connectivity index (χ1n) is 38.0. The molecule has 44 heteroatoms. The highest BCUT2D eigenvalue weighted by Gasteiger charge is 2.37.